The summed E-state index contributed by atoms with van der Waals surface area (Å²) in [7, 11) is 0. The van der Waals surface area contributed by atoms with Crippen molar-refractivity contribution in [1.82, 2.24) is 14.4 Å². The van der Waals surface area contributed by atoms with E-state index in [0.717, 1.165) is 18.2 Å². The van der Waals surface area contributed by atoms with Crippen LogP contribution in [-0.4, -0.2) is 14.4 Å². The average molecular weight is 415 g/mol. The number of fused-ring (bicyclic) bond motifs is 3. The lowest BCUT2D eigenvalue weighted by Gasteiger charge is -2.13. The first-order valence-corrected chi connectivity index (χ1v) is 8.25. The van der Waals surface area contributed by atoms with Gasteiger partial charge in [0.05, 0.1) is 16.1 Å². The fourth-order valence-electron chi connectivity index (χ4n) is 2.75. The molecule has 0 aliphatic rings. The van der Waals surface area contributed by atoms with Crippen molar-refractivity contribution in [1.29, 1.82) is 0 Å². The molecule has 0 spiro atoms. The highest BCUT2D eigenvalue weighted by atomic mass is 35.5. The van der Waals surface area contributed by atoms with E-state index >= 15 is 0 Å². The molecule has 0 aliphatic heterocycles. The molecule has 4 nitrogen and oxygen atoms in total. The zero-order chi connectivity index (χ0) is 19.3. The number of imidazole rings is 1. The highest BCUT2D eigenvalue weighted by molar-refractivity contribution is 6.32. The van der Waals surface area contributed by atoms with Crippen molar-refractivity contribution < 1.29 is 17.6 Å². The van der Waals surface area contributed by atoms with E-state index in [4.69, 9.17) is 23.2 Å². The van der Waals surface area contributed by atoms with Crippen LogP contribution in [0.1, 0.15) is 5.56 Å². The lowest BCUT2D eigenvalue weighted by atomic mass is 10.2. The number of anilines is 2. The molecule has 27 heavy (non-hydrogen) atoms. The molecular formula is C17H8Cl2F4N4. The molecule has 2 heterocycles. The zero-order valence-corrected chi connectivity index (χ0v) is 14.7. The van der Waals surface area contributed by atoms with Gasteiger partial charge in [0.2, 0.25) is 0 Å². The molecule has 10 heteroatoms. The standard InChI is InChI=1S/C17H8Cl2F4N4/c18-8-5-12(20)14-13(6-8)26-15(16-24-3-4-27(14)16)25-9-1-2-10(11(19)7-9)17(21,22)23/h1-7H,(H,25,26). The molecule has 0 bridgehead atoms. The summed E-state index contributed by atoms with van der Waals surface area (Å²) in [5.74, 6) is -0.359. The number of rotatable bonds is 2. The van der Waals surface area contributed by atoms with Crippen molar-refractivity contribution in [3.05, 3.63) is 64.2 Å². The van der Waals surface area contributed by atoms with Gasteiger partial charge in [-0.25, -0.2) is 14.4 Å². The summed E-state index contributed by atoms with van der Waals surface area (Å²) < 4.78 is 54.3. The number of hydrogen-bond donors (Lipinski definition) is 1. The Morgan fingerprint density at radius 1 is 1.07 bits per heavy atom. The van der Waals surface area contributed by atoms with Crippen LogP contribution in [0.2, 0.25) is 10.0 Å². The molecule has 2 aromatic carbocycles. The van der Waals surface area contributed by atoms with Gasteiger partial charge in [0.25, 0.3) is 0 Å². The Labute approximate surface area is 159 Å². The molecule has 1 N–H and O–H groups in total. The summed E-state index contributed by atoms with van der Waals surface area (Å²) in [5.41, 5.74) is 0.0573. The van der Waals surface area contributed by atoms with Crippen LogP contribution < -0.4 is 5.32 Å². The Morgan fingerprint density at radius 3 is 2.56 bits per heavy atom. The Bertz CT molecular complexity index is 1190. The Hall–Kier alpha value is -2.58. The van der Waals surface area contributed by atoms with Crippen molar-refractivity contribution in [3.63, 3.8) is 0 Å². The predicted molar refractivity (Wildman–Crippen MR) is 95.2 cm³/mol. The highest BCUT2D eigenvalue weighted by Crippen LogP contribution is 2.36. The summed E-state index contributed by atoms with van der Waals surface area (Å²) in [5, 5.41) is 2.58. The van der Waals surface area contributed by atoms with E-state index in [-0.39, 0.29) is 27.6 Å². The van der Waals surface area contributed by atoms with E-state index < -0.39 is 22.6 Å². The third-order valence-electron chi connectivity index (χ3n) is 3.87. The number of aromatic nitrogens is 3. The van der Waals surface area contributed by atoms with Crippen molar-refractivity contribution in [2.45, 2.75) is 6.18 Å². The maximum absolute atomic E-state index is 14.3. The lowest BCUT2D eigenvalue weighted by Crippen LogP contribution is -2.06. The number of alkyl halides is 3. The summed E-state index contributed by atoms with van der Waals surface area (Å²) in [6.45, 7) is 0. The largest absolute Gasteiger partial charge is 0.417 e. The van der Waals surface area contributed by atoms with Crippen LogP contribution in [0.4, 0.5) is 29.1 Å². The van der Waals surface area contributed by atoms with Gasteiger partial charge in [-0.2, -0.15) is 13.2 Å². The molecular weight excluding hydrogens is 407 g/mol. The molecule has 0 saturated heterocycles. The molecule has 0 atom stereocenters. The van der Waals surface area contributed by atoms with Gasteiger partial charge < -0.3 is 5.32 Å². The summed E-state index contributed by atoms with van der Waals surface area (Å²) in [4.78, 5) is 8.44. The lowest BCUT2D eigenvalue weighted by molar-refractivity contribution is -0.137. The first-order valence-electron chi connectivity index (χ1n) is 7.49. The van der Waals surface area contributed by atoms with Gasteiger partial charge in [-0.1, -0.05) is 23.2 Å². The third kappa shape index (κ3) is 3.15. The molecule has 0 aliphatic carbocycles. The summed E-state index contributed by atoms with van der Waals surface area (Å²) in [6, 6.07) is 5.86. The molecule has 138 valence electrons. The average Bonchev–Trinajstić information content (AvgIpc) is 3.02. The molecule has 0 unspecified atom stereocenters. The van der Waals surface area contributed by atoms with Crippen LogP contribution >= 0.6 is 23.2 Å². The summed E-state index contributed by atoms with van der Waals surface area (Å²) in [6.07, 6.45) is -1.56. The monoisotopic (exact) mass is 414 g/mol. The van der Waals surface area contributed by atoms with Crippen LogP contribution in [0.5, 0.6) is 0 Å². The van der Waals surface area contributed by atoms with E-state index in [9.17, 15) is 17.6 Å². The van der Waals surface area contributed by atoms with E-state index in [2.05, 4.69) is 15.3 Å². The summed E-state index contributed by atoms with van der Waals surface area (Å²) >= 11 is 11.6. The van der Waals surface area contributed by atoms with Crippen molar-refractivity contribution in [2.75, 3.05) is 5.32 Å². The van der Waals surface area contributed by atoms with Gasteiger partial charge >= 0.3 is 6.18 Å². The van der Waals surface area contributed by atoms with Crippen molar-refractivity contribution in [2.24, 2.45) is 0 Å². The van der Waals surface area contributed by atoms with Gasteiger partial charge in [-0.05, 0) is 30.3 Å². The number of hydrogen-bond acceptors (Lipinski definition) is 3. The second kappa shape index (κ2) is 6.24. The van der Waals surface area contributed by atoms with Crippen molar-refractivity contribution >= 4 is 51.4 Å². The number of nitrogens with one attached hydrogen (secondary N) is 1. The molecule has 4 aromatic rings. The quantitative estimate of drug-likeness (QED) is 0.403. The third-order valence-corrected chi connectivity index (χ3v) is 4.40. The molecule has 2 aromatic heterocycles. The Balaban J connectivity index is 1.84. The van der Waals surface area contributed by atoms with E-state index in [0.29, 0.717) is 5.65 Å². The van der Waals surface area contributed by atoms with Crippen LogP contribution in [0.3, 0.4) is 0 Å². The first kappa shape index (κ1) is 17.8. The normalized spacial score (nSPS) is 12.1. The highest BCUT2D eigenvalue weighted by Gasteiger charge is 2.33. The smallest absolute Gasteiger partial charge is 0.337 e. The van der Waals surface area contributed by atoms with Crippen LogP contribution in [0.25, 0.3) is 16.7 Å². The molecule has 0 radical (unpaired) electrons. The van der Waals surface area contributed by atoms with E-state index in [1.54, 1.807) is 6.20 Å². The van der Waals surface area contributed by atoms with E-state index in [1.165, 1.54) is 22.7 Å². The second-order valence-electron chi connectivity index (χ2n) is 5.65. The van der Waals surface area contributed by atoms with Gasteiger partial charge in [-0.15, -0.1) is 0 Å². The van der Waals surface area contributed by atoms with Gasteiger partial charge in [0.1, 0.15) is 5.52 Å². The fourth-order valence-corrected chi connectivity index (χ4v) is 3.24. The number of halogens is 6. The first-order chi connectivity index (χ1) is 12.7. The minimum absolute atomic E-state index is 0.162. The van der Waals surface area contributed by atoms with Crippen LogP contribution in [0.15, 0.2) is 42.7 Å². The maximum atomic E-state index is 14.3. The number of benzene rings is 2. The van der Waals surface area contributed by atoms with Gasteiger partial charge in [-0.3, -0.25) is 4.40 Å². The van der Waals surface area contributed by atoms with Crippen LogP contribution in [0, 0.1) is 5.82 Å². The maximum Gasteiger partial charge on any atom is 0.417 e. The van der Waals surface area contributed by atoms with Crippen molar-refractivity contribution in [3.8, 4) is 0 Å². The second-order valence-corrected chi connectivity index (χ2v) is 6.50. The molecule has 0 saturated carbocycles. The molecule has 0 amide bonds. The molecule has 0 fully saturated rings. The SMILES string of the molecule is Fc1cc(Cl)cc2nc(Nc3ccc(C(F)(F)F)c(Cl)c3)c3nccn3c12. The Morgan fingerprint density at radius 2 is 1.85 bits per heavy atom. The van der Waals surface area contributed by atoms with Gasteiger partial charge in [0, 0.05) is 23.1 Å². The van der Waals surface area contributed by atoms with Crippen LogP contribution in [-0.2, 0) is 6.18 Å². The number of nitrogens with zero attached hydrogens (tertiary/aromatic N) is 3. The topological polar surface area (TPSA) is 42.2 Å². The minimum atomic E-state index is -4.55. The Kier molecular flexibility index (Phi) is 4.12. The van der Waals surface area contributed by atoms with E-state index in [1.807, 2.05) is 0 Å². The zero-order valence-electron chi connectivity index (χ0n) is 13.2. The fraction of sp³-hybridized carbons (Fsp3) is 0.0588. The molecule has 4 rings (SSSR count). The van der Waals surface area contributed by atoms with Gasteiger partial charge in [0.15, 0.2) is 17.3 Å². The minimum Gasteiger partial charge on any atom is -0.337 e. The predicted octanol–water partition coefficient (Wildman–Crippen LogP) is 6.09.